The van der Waals surface area contributed by atoms with Crippen LogP contribution in [0.4, 0.5) is 0 Å². The lowest BCUT2D eigenvalue weighted by Gasteiger charge is -1.99. The van der Waals surface area contributed by atoms with Crippen LogP contribution < -0.4 is 0 Å². The lowest BCUT2D eigenvalue weighted by Crippen LogP contribution is -2.05. The number of rotatable bonds is 2. The molecule has 0 aliphatic carbocycles. The van der Waals surface area contributed by atoms with Gasteiger partial charge in [0, 0.05) is 0 Å². The van der Waals surface area contributed by atoms with E-state index in [1.54, 1.807) is 0 Å². The molecule has 1 aromatic rings. The van der Waals surface area contributed by atoms with E-state index in [-0.39, 0.29) is 6.10 Å². The second-order valence-electron chi connectivity index (χ2n) is 3.17. The van der Waals surface area contributed by atoms with Crippen molar-refractivity contribution >= 4 is 5.97 Å². The van der Waals surface area contributed by atoms with Crippen LogP contribution in [0.2, 0.25) is 0 Å². The van der Waals surface area contributed by atoms with Crippen molar-refractivity contribution in [2.24, 2.45) is 0 Å². The van der Waals surface area contributed by atoms with Crippen LogP contribution in [-0.2, 0) is 9.53 Å². The van der Waals surface area contributed by atoms with Gasteiger partial charge in [0.1, 0.15) is 6.10 Å². The van der Waals surface area contributed by atoms with Gasteiger partial charge in [0.2, 0.25) is 0 Å². The number of epoxide rings is 1. The lowest BCUT2D eigenvalue weighted by molar-refractivity contribution is -0.138. The van der Waals surface area contributed by atoms with Gasteiger partial charge in [0.05, 0.1) is 0 Å². The first-order valence-electron chi connectivity index (χ1n) is 4.14. The number of hydrogen-bond donors (Lipinski definition) is 1. The molecule has 68 valence electrons. The van der Waals surface area contributed by atoms with Crippen molar-refractivity contribution in [1.29, 1.82) is 0 Å². The summed E-state index contributed by atoms with van der Waals surface area (Å²) in [7, 11) is 0. The van der Waals surface area contributed by atoms with E-state index in [4.69, 9.17) is 9.84 Å². The number of aliphatic carboxylic acids is 1. The normalized spacial score (nSPS) is 25.6. The summed E-state index contributed by atoms with van der Waals surface area (Å²) in [6.07, 6.45) is -0.875. The summed E-state index contributed by atoms with van der Waals surface area (Å²) in [5.41, 5.74) is 2.06. The lowest BCUT2D eigenvalue weighted by atomic mass is 10.0. The van der Waals surface area contributed by atoms with E-state index in [1.165, 1.54) is 0 Å². The third kappa shape index (κ3) is 1.42. The van der Waals surface area contributed by atoms with E-state index >= 15 is 0 Å². The molecule has 1 aromatic carbocycles. The average Bonchev–Trinajstić information content (AvgIpc) is 2.84. The van der Waals surface area contributed by atoms with Gasteiger partial charge in [-0.05, 0) is 18.1 Å². The summed E-state index contributed by atoms with van der Waals surface area (Å²) in [5.74, 6) is -0.881. The van der Waals surface area contributed by atoms with E-state index in [9.17, 15) is 4.79 Å². The molecule has 2 atom stereocenters. The summed E-state index contributed by atoms with van der Waals surface area (Å²) < 4.78 is 5.05. The molecule has 1 saturated heterocycles. The highest BCUT2D eigenvalue weighted by Crippen LogP contribution is 2.39. The molecule has 1 aliphatic rings. The second kappa shape index (κ2) is 2.85. The molecule has 1 heterocycles. The van der Waals surface area contributed by atoms with Crippen LogP contribution in [0.3, 0.4) is 0 Å². The summed E-state index contributed by atoms with van der Waals surface area (Å²) in [6.45, 7) is 1.95. The molecule has 13 heavy (non-hydrogen) atoms. The summed E-state index contributed by atoms with van der Waals surface area (Å²) in [4.78, 5) is 10.5. The van der Waals surface area contributed by atoms with Crippen molar-refractivity contribution < 1.29 is 14.6 Å². The number of ether oxygens (including phenoxy) is 1. The van der Waals surface area contributed by atoms with Gasteiger partial charge < -0.3 is 9.84 Å². The topological polar surface area (TPSA) is 49.8 Å². The first-order valence-corrected chi connectivity index (χ1v) is 4.14. The molecular weight excluding hydrogens is 168 g/mol. The molecule has 3 nitrogen and oxygen atoms in total. The molecule has 0 aromatic heterocycles. The van der Waals surface area contributed by atoms with Crippen LogP contribution in [0, 0.1) is 6.92 Å². The fourth-order valence-electron chi connectivity index (χ4n) is 1.44. The first-order chi connectivity index (χ1) is 6.20. The van der Waals surface area contributed by atoms with Gasteiger partial charge in [-0.2, -0.15) is 0 Å². The Labute approximate surface area is 76.0 Å². The van der Waals surface area contributed by atoms with E-state index in [2.05, 4.69) is 0 Å². The Balaban J connectivity index is 2.21. The molecule has 0 amide bonds. The van der Waals surface area contributed by atoms with Crippen LogP contribution in [0.1, 0.15) is 17.2 Å². The fourth-order valence-corrected chi connectivity index (χ4v) is 1.44. The Kier molecular flexibility index (Phi) is 1.81. The van der Waals surface area contributed by atoms with Crippen molar-refractivity contribution in [2.75, 3.05) is 0 Å². The highest BCUT2D eigenvalue weighted by molar-refractivity contribution is 5.76. The molecule has 0 unspecified atom stereocenters. The van der Waals surface area contributed by atoms with Gasteiger partial charge in [-0.1, -0.05) is 24.3 Å². The monoisotopic (exact) mass is 178 g/mol. The molecular formula is C10H10O3. The minimum atomic E-state index is -0.881. The van der Waals surface area contributed by atoms with Gasteiger partial charge in [0.15, 0.2) is 6.10 Å². The van der Waals surface area contributed by atoms with E-state index in [0.717, 1.165) is 11.1 Å². The molecule has 0 bridgehead atoms. The van der Waals surface area contributed by atoms with Crippen LogP contribution >= 0.6 is 0 Å². The molecule has 0 saturated carbocycles. The minimum Gasteiger partial charge on any atom is -0.479 e. The van der Waals surface area contributed by atoms with Gasteiger partial charge in [-0.25, -0.2) is 4.79 Å². The SMILES string of the molecule is Cc1ccccc1[C@@H]1O[C@H]1C(=O)O. The molecule has 0 radical (unpaired) electrons. The fraction of sp³-hybridized carbons (Fsp3) is 0.300. The number of carbonyl (C=O) groups is 1. The molecule has 1 fully saturated rings. The van der Waals surface area contributed by atoms with Crippen molar-refractivity contribution in [2.45, 2.75) is 19.1 Å². The zero-order valence-electron chi connectivity index (χ0n) is 7.23. The van der Waals surface area contributed by atoms with Crippen molar-refractivity contribution in [3.05, 3.63) is 35.4 Å². The van der Waals surface area contributed by atoms with Gasteiger partial charge >= 0.3 is 5.97 Å². The van der Waals surface area contributed by atoms with E-state index in [0.29, 0.717) is 0 Å². The predicted molar refractivity (Wildman–Crippen MR) is 46.4 cm³/mol. The quantitative estimate of drug-likeness (QED) is 0.698. The van der Waals surface area contributed by atoms with Crippen LogP contribution in [0.25, 0.3) is 0 Å². The number of benzene rings is 1. The zero-order valence-corrected chi connectivity index (χ0v) is 7.23. The number of hydrogen-bond acceptors (Lipinski definition) is 2. The molecule has 3 heteroatoms. The van der Waals surface area contributed by atoms with Crippen molar-refractivity contribution in [1.82, 2.24) is 0 Å². The van der Waals surface area contributed by atoms with Crippen LogP contribution in [0.5, 0.6) is 0 Å². The second-order valence-corrected chi connectivity index (χ2v) is 3.17. The molecule has 1 aliphatic heterocycles. The largest absolute Gasteiger partial charge is 0.479 e. The smallest absolute Gasteiger partial charge is 0.335 e. The van der Waals surface area contributed by atoms with E-state index in [1.807, 2.05) is 31.2 Å². The molecule has 0 spiro atoms. The minimum absolute atomic E-state index is 0.237. The predicted octanol–water partition coefficient (Wildman–Crippen LogP) is 1.52. The highest BCUT2D eigenvalue weighted by atomic mass is 16.6. The van der Waals surface area contributed by atoms with Gasteiger partial charge in [-0.15, -0.1) is 0 Å². The summed E-state index contributed by atoms with van der Waals surface area (Å²) in [5, 5.41) is 8.65. The Morgan fingerprint density at radius 2 is 2.15 bits per heavy atom. The van der Waals surface area contributed by atoms with Crippen molar-refractivity contribution in [3.63, 3.8) is 0 Å². The third-order valence-corrected chi connectivity index (χ3v) is 2.23. The summed E-state index contributed by atoms with van der Waals surface area (Å²) in [6, 6.07) is 7.68. The molecule has 2 rings (SSSR count). The number of carboxylic acid groups (broad SMARTS) is 1. The molecule has 1 N–H and O–H groups in total. The van der Waals surface area contributed by atoms with Gasteiger partial charge in [0.25, 0.3) is 0 Å². The van der Waals surface area contributed by atoms with Gasteiger partial charge in [-0.3, -0.25) is 0 Å². The first kappa shape index (κ1) is 8.26. The maximum absolute atomic E-state index is 10.5. The third-order valence-electron chi connectivity index (χ3n) is 2.23. The Bertz CT molecular complexity index is 346. The highest BCUT2D eigenvalue weighted by Gasteiger charge is 2.46. The Hall–Kier alpha value is -1.35. The standard InChI is InChI=1S/C10H10O3/c1-6-4-2-3-5-7(6)8-9(13-8)10(11)12/h2-5,8-9H,1H3,(H,11,12)/t8-,9+/m0/s1. The Morgan fingerprint density at radius 1 is 1.46 bits per heavy atom. The van der Waals surface area contributed by atoms with E-state index < -0.39 is 12.1 Å². The summed E-state index contributed by atoms with van der Waals surface area (Å²) >= 11 is 0. The van der Waals surface area contributed by atoms with Crippen LogP contribution in [0.15, 0.2) is 24.3 Å². The number of carboxylic acids is 1. The maximum atomic E-state index is 10.5. The van der Waals surface area contributed by atoms with Crippen LogP contribution in [-0.4, -0.2) is 17.2 Å². The number of aryl methyl sites for hydroxylation is 1. The zero-order chi connectivity index (χ0) is 9.42. The average molecular weight is 178 g/mol. The maximum Gasteiger partial charge on any atom is 0.335 e. The van der Waals surface area contributed by atoms with Crippen molar-refractivity contribution in [3.8, 4) is 0 Å². The Morgan fingerprint density at radius 3 is 2.69 bits per heavy atom.